The van der Waals surface area contributed by atoms with Crippen molar-refractivity contribution < 1.29 is 27.6 Å². The Bertz CT molecular complexity index is 1270. The molecule has 0 fully saturated rings. The molecule has 0 unspecified atom stereocenters. The zero-order chi connectivity index (χ0) is 27.8. The Hall–Kier alpha value is -3.82. The summed E-state index contributed by atoms with van der Waals surface area (Å²) in [6.45, 7) is 7.32. The van der Waals surface area contributed by atoms with Crippen LogP contribution in [0, 0.1) is 0 Å². The lowest BCUT2D eigenvalue weighted by atomic mass is 9.91. The molecular weight excluding hydrogens is 497 g/mol. The summed E-state index contributed by atoms with van der Waals surface area (Å²) >= 11 is 0. The van der Waals surface area contributed by atoms with Gasteiger partial charge in [0.2, 0.25) is 5.91 Å². The molecule has 0 aliphatic carbocycles. The fraction of sp³-hybridized carbons (Fsp3) is 0.393. The molecular formula is C28H31F3N4O3. The number of benzene rings is 2. The lowest BCUT2D eigenvalue weighted by molar-refractivity contribution is -0.139. The minimum atomic E-state index is -4.69. The van der Waals surface area contributed by atoms with Gasteiger partial charge in [-0.15, -0.1) is 0 Å². The lowest BCUT2D eigenvalue weighted by Gasteiger charge is -2.33. The molecule has 2 aliphatic rings. The van der Waals surface area contributed by atoms with Crippen molar-refractivity contribution in [2.75, 3.05) is 13.1 Å². The van der Waals surface area contributed by atoms with E-state index in [0.29, 0.717) is 5.70 Å². The summed E-state index contributed by atoms with van der Waals surface area (Å²) in [5.74, 6) is -0.963. The average Bonchev–Trinajstić information content (AvgIpc) is 3.17. The summed E-state index contributed by atoms with van der Waals surface area (Å²) in [6.07, 6.45) is -4.49. The summed E-state index contributed by atoms with van der Waals surface area (Å²) in [5.41, 5.74) is -0.553. The van der Waals surface area contributed by atoms with Crippen molar-refractivity contribution in [3.05, 3.63) is 82.6 Å². The second-order valence-electron chi connectivity index (χ2n) is 10.4. The Morgan fingerprint density at radius 3 is 2.29 bits per heavy atom. The molecule has 0 radical (unpaired) electrons. The third-order valence-corrected chi connectivity index (χ3v) is 6.59. The first kappa shape index (κ1) is 27.2. The maximum atomic E-state index is 14.0. The molecule has 10 heteroatoms. The quantitative estimate of drug-likeness (QED) is 0.583. The third-order valence-electron chi connectivity index (χ3n) is 6.59. The number of hydrogen-bond donors (Lipinski definition) is 2. The van der Waals surface area contributed by atoms with E-state index in [1.54, 1.807) is 6.92 Å². The summed E-state index contributed by atoms with van der Waals surface area (Å²) in [4.78, 5) is 43.2. The van der Waals surface area contributed by atoms with Gasteiger partial charge in [0.1, 0.15) is 6.04 Å². The molecule has 4 amide bonds. The SMILES string of the molecule is CCN1C(=O)N[C@@H](c2ccccc2C(F)(F)F)C2=C1CN([C@H](Cc1ccccc1)C(=O)NC(C)(C)C)C2=O. The first-order chi connectivity index (χ1) is 17.8. The fourth-order valence-electron chi connectivity index (χ4n) is 4.97. The van der Waals surface area contributed by atoms with Crippen LogP contribution < -0.4 is 10.6 Å². The van der Waals surface area contributed by atoms with Gasteiger partial charge in [-0.3, -0.25) is 14.5 Å². The molecule has 2 N–H and O–H groups in total. The van der Waals surface area contributed by atoms with Crippen molar-refractivity contribution in [3.63, 3.8) is 0 Å². The Labute approximate surface area is 219 Å². The zero-order valence-corrected chi connectivity index (χ0v) is 21.7. The normalized spacial score (nSPS) is 18.9. The van der Waals surface area contributed by atoms with Crippen LogP contribution in [0.25, 0.3) is 0 Å². The van der Waals surface area contributed by atoms with Crippen molar-refractivity contribution in [1.29, 1.82) is 0 Å². The predicted octanol–water partition coefficient (Wildman–Crippen LogP) is 4.41. The van der Waals surface area contributed by atoms with Crippen LogP contribution in [0.4, 0.5) is 18.0 Å². The molecule has 4 rings (SSSR count). The number of nitrogens with one attached hydrogen (secondary N) is 2. The highest BCUT2D eigenvalue weighted by Crippen LogP contribution is 2.42. The monoisotopic (exact) mass is 528 g/mol. The number of hydrogen-bond acceptors (Lipinski definition) is 3. The molecule has 2 aliphatic heterocycles. The number of likely N-dealkylation sites (N-methyl/N-ethyl adjacent to an activating group) is 1. The van der Waals surface area contributed by atoms with Crippen LogP contribution in [0.3, 0.4) is 0 Å². The van der Waals surface area contributed by atoms with Crippen molar-refractivity contribution >= 4 is 17.8 Å². The van der Waals surface area contributed by atoms with E-state index in [2.05, 4.69) is 10.6 Å². The molecule has 0 saturated heterocycles. The van der Waals surface area contributed by atoms with Gasteiger partial charge in [-0.2, -0.15) is 13.2 Å². The fourth-order valence-corrected chi connectivity index (χ4v) is 4.97. The van der Waals surface area contributed by atoms with Crippen LogP contribution in [0.5, 0.6) is 0 Å². The third kappa shape index (κ3) is 5.39. The summed E-state index contributed by atoms with van der Waals surface area (Å²) in [5, 5.41) is 5.53. The number of urea groups is 1. The first-order valence-corrected chi connectivity index (χ1v) is 12.5. The number of alkyl halides is 3. The van der Waals surface area contributed by atoms with Gasteiger partial charge in [0.05, 0.1) is 29.4 Å². The zero-order valence-electron chi connectivity index (χ0n) is 21.7. The molecule has 38 heavy (non-hydrogen) atoms. The molecule has 0 bridgehead atoms. The maximum Gasteiger partial charge on any atom is 0.416 e. The van der Waals surface area contributed by atoms with Gasteiger partial charge >= 0.3 is 12.2 Å². The van der Waals surface area contributed by atoms with Crippen molar-refractivity contribution in [2.45, 2.75) is 57.9 Å². The number of carbonyl (C=O) groups is 3. The van der Waals surface area contributed by atoms with Crippen LogP contribution >= 0.6 is 0 Å². The summed E-state index contributed by atoms with van der Waals surface area (Å²) < 4.78 is 41.7. The number of nitrogens with zero attached hydrogens (tertiary/aromatic N) is 2. The van der Waals surface area contributed by atoms with E-state index < -0.39 is 41.3 Å². The van der Waals surface area contributed by atoms with Crippen molar-refractivity contribution in [2.24, 2.45) is 0 Å². The van der Waals surface area contributed by atoms with Gasteiger partial charge < -0.3 is 15.5 Å². The molecule has 0 spiro atoms. The topological polar surface area (TPSA) is 81.8 Å². The van der Waals surface area contributed by atoms with Crippen molar-refractivity contribution in [3.8, 4) is 0 Å². The second kappa shape index (κ2) is 10.2. The minimum Gasteiger partial charge on any atom is -0.350 e. The smallest absolute Gasteiger partial charge is 0.350 e. The van der Waals surface area contributed by atoms with E-state index in [1.165, 1.54) is 28.0 Å². The molecule has 0 saturated carbocycles. The number of carbonyl (C=O) groups excluding carboxylic acids is 3. The molecule has 202 valence electrons. The number of amides is 4. The minimum absolute atomic E-state index is 0.0461. The van der Waals surface area contributed by atoms with Crippen LogP contribution in [-0.2, 0) is 22.2 Å². The number of rotatable bonds is 6. The standard InChI is InChI=1S/C28H31F3N4O3/c1-5-34-21-16-35(20(24(36)33-27(2,3)4)15-17-11-7-6-8-12-17)25(37)22(21)23(32-26(34)38)18-13-9-10-14-19(18)28(29,30)31/h6-14,20,23H,5,15-16H2,1-4H3,(H,32,38)(H,33,36)/t20-,23+/m1/s1. The first-order valence-electron chi connectivity index (χ1n) is 12.5. The molecule has 2 aromatic rings. The lowest BCUT2D eigenvalue weighted by Crippen LogP contribution is -2.54. The van der Waals surface area contributed by atoms with Gasteiger partial charge in [0.15, 0.2) is 0 Å². The predicted molar refractivity (Wildman–Crippen MR) is 136 cm³/mol. The number of halogens is 3. The van der Waals surface area contributed by atoms with E-state index in [-0.39, 0.29) is 36.6 Å². The molecule has 2 heterocycles. The van der Waals surface area contributed by atoms with Gasteiger partial charge in [0.25, 0.3) is 5.91 Å². The summed E-state index contributed by atoms with van der Waals surface area (Å²) in [7, 11) is 0. The molecule has 0 aromatic heterocycles. The highest BCUT2D eigenvalue weighted by Gasteiger charge is 2.48. The molecule has 7 nitrogen and oxygen atoms in total. The van der Waals surface area contributed by atoms with Gasteiger partial charge in [-0.25, -0.2) is 4.79 Å². The maximum absolute atomic E-state index is 14.0. The molecule has 2 aromatic carbocycles. The van der Waals surface area contributed by atoms with E-state index >= 15 is 0 Å². The van der Waals surface area contributed by atoms with Crippen LogP contribution in [-0.4, -0.2) is 52.3 Å². The van der Waals surface area contributed by atoms with E-state index in [1.807, 2.05) is 51.1 Å². The van der Waals surface area contributed by atoms with Crippen LogP contribution in [0.2, 0.25) is 0 Å². The van der Waals surface area contributed by atoms with E-state index in [0.717, 1.165) is 11.6 Å². The Kier molecular flexibility index (Phi) is 7.27. The molecule has 2 atom stereocenters. The van der Waals surface area contributed by atoms with E-state index in [9.17, 15) is 27.6 Å². The highest BCUT2D eigenvalue weighted by atomic mass is 19.4. The largest absolute Gasteiger partial charge is 0.416 e. The Morgan fingerprint density at radius 1 is 1.05 bits per heavy atom. The van der Waals surface area contributed by atoms with Gasteiger partial charge in [0, 0.05) is 18.5 Å². The van der Waals surface area contributed by atoms with Crippen molar-refractivity contribution in [1.82, 2.24) is 20.4 Å². The Balaban J connectivity index is 1.78. The van der Waals surface area contributed by atoms with Crippen LogP contribution in [0.1, 0.15) is 50.4 Å². The van der Waals surface area contributed by atoms with Gasteiger partial charge in [-0.05, 0) is 44.9 Å². The van der Waals surface area contributed by atoms with E-state index in [4.69, 9.17) is 0 Å². The average molecular weight is 529 g/mol. The second-order valence-corrected chi connectivity index (χ2v) is 10.4. The van der Waals surface area contributed by atoms with Crippen LogP contribution in [0.15, 0.2) is 65.9 Å². The van der Waals surface area contributed by atoms with Gasteiger partial charge in [-0.1, -0.05) is 48.5 Å². The highest BCUT2D eigenvalue weighted by molar-refractivity contribution is 6.03. The summed E-state index contributed by atoms with van der Waals surface area (Å²) in [6, 6.07) is 11.2. The Morgan fingerprint density at radius 2 is 1.68 bits per heavy atom.